The van der Waals surface area contributed by atoms with Crippen LogP contribution in [0.25, 0.3) is 10.1 Å². The molecule has 0 atom stereocenters. The van der Waals surface area contributed by atoms with Crippen LogP contribution in [-0.2, 0) is 21.9 Å². The third-order valence-electron chi connectivity index (χ3n) is 5.09. The number of aryl methyl sites for hydroxylation is 1. The summed E-state index contributed by atoms with van der Waals surface area (Å²) in [6.07, 6.45) is 3.20. The first-order chi connectivity index (χ1) is 14.6. The van der Waals surface area contributed by atoms with Gasteiger partial charge in [0.2, 0.25) is 5.91 Å². The van der Waals surface area contributed by atoms with Crippen molar-refractivity contribution in [2.75, 3.05) is 10.0 Å². The molecule has 0 unspecified atom stereocenters. The van der Waals surface area contributed by atoms with E-state index in [0.29, 0.717) is 16.1 Å². The van der Waals surface area contributed by atoms with Gasteiger partial charge in [-0.25, -0.2) is 0 Å². The van der Waals surface area contributed by atoms with E-state index >= 15 is 0 Å². The number of nitrogens with two attached hydrogens (primary N) is 1. The lowest BCUT2D eigenvalue weighted by Crippen LogP contribution is -2.17. The van der Waals surface area contributed by atoms with Gasteiger partial charge in [0.15, 0.2) is 5.03 Å². The number of carbonyl (C=O) groups excluding carboxylic acids is 2. The van der Waals surface area contributed by atoms with Gasteiger partial charge in [0.1, 0.15) is 5.00 Å². The molecule has 1 aromatic carbocycles. The molecule has 0 bridgehead atoms. The quantitative estimate of drug-likeness (QED) is 0.497. The number of nitrogens with one attached hydrogen (secondary N) is 2. The van der Waals surface area contributed by atoms with Crippen molar-refractivity contribution < 1.29 is 18.0 Å². The molecular weight excluding hydrogens is 438 g/mol. The van der Waals surface area contributed by atoms with E-state index in [9.17, 15) is 18.0 Å². The Labute approximate surface area is 183 Å². The van der Waals surface area contributed by atoms with Crippen molar-refractivity contribution in [2.24, 2.45) is 18.7 Å². The Kier molecular flexibility index (Phi) is 5.26. The molecule has 164 valence electrons. The molecule has 4 N–H and O–H groups in total. The number of hydrogen-bond acceptors (Lipinski definition) is 6. The van der Waals surface area contributed by atoms with Crippen molar-refractivity contribution >= 4 is 53.9 Å². The average Bonchev–Trinajstić information content (AvgIpc) is 3.33. The van der Waals surface area contributed by atoms with Crippen molar-refractivity contribution in [3.63, 3.8) is 0 Å². The third kappa shape index (κ3) is 4.15. The maximum Gasteiger partial charge on any atom is 0.281 e. The molecule has 0 spiro atoms. The lowest BCUT2D eigenvalue weighted by molar-refractivity contribution is -0.117. The van der Waals surface area contributed by atoms with Crippen LogP contribution in [0.1, 0.15) is 48.5 Å². The standard InChI is InChI=1S/C20H23N5O4S2/c1-10(2)13-8-12(24-31(28,29)15-6-7-25(3)23-15)9-14-16(18(21)26)20(30-17(13)14)22-19(27)11-4-5-11/h6-11,24H,4-5H2,1-3H3,(H2,21,26)(H,22,27). The van der Waals surface area contributed by atoms with Crippen LogP contribution < -0.4 is 15.8 Å². The fourth-order valence-corrected chi connectivity index (χ4v) is 5.71. The summed E-state index contributed by atoms with van der Waals surface area (Å²) in [7, 11) is -2.29. The second kappa shape index (κ2) is 7.65. The van der Waals surface area contributed by atoms with Gasteiger partial charge in [-0.3, -0.25) is 19.0 Å². The largest absolute Gasteiger partial charge is 0.365 e. The zero-order valence-electron chi connectivity index (χ0n) is 17.3. The number of benzene rings is 1. The van der Waals surface area contributed by atoms with Crippen LogP contribution in [0.4, 0.5) is 10.7 Å². The molecule has 2 amide bonds. The van der Waals surface area contributed by atoms with Crippen molar-refractivity contribution in [2.45, 2.75) is 37.6 Å². The van der Waals surface area contributed by atoms with Crippen LogP contribution >= 0.6 is 11.3 Å². The summed E-state index contributed by atoms with van der Waals surface area (Å²) in [5.41, 5.74) is 6.98. The van der Waals surface area contributed by atoms with Crippen LogP contribution in [0, 0.1) is 5.92 Å². The van der Waals surface area contributed by atoms with Crippen molar-refractivity contribution in [3.05, 3.63) is 35.5 Å². The summed E-state index contributed by atoms with van der Waals surface area (Å²) in [4.78, 5) is 24.6. The Balaban J connectivity index is 1.83. The zero-order valence-corrected chi connectivity index (χ0v) is 18.9. The van der Waals surface area contributed by atoms with E-state index in [1.165, 1.54) is 28.3 Å². The van der Waals surface area contributed by atoms with Gasteiger partial charge in [-0.2, -0.15) is 13.5 Å². The highest BCUT2D eigenvalue weighted by molar-refractivity contribution is 7.92. The SMILES string of the molecule is CC(C)c1cc(NS(=O)(=O)c2ccn(C)n2)cc2c(C(N)=O)c(NC(=O)C3CC3)sc12. The minimum Gasteiger partial charge on any atom is -0.365 e. The number of amides is 2. The summed E-state index contributed by atoms with van der Waals surface area (Å²) in [5.74, 6) is -0.808. The number of nitrogens with zero attached hydrogens (tertiary/aromatic N) is 2. The first kappa shape index (κ1) is 21.3. The molecule has 2 heterocycles. The minimum absolute atomic E-state index is 0.0312. The smallest absolute Gasteiger partial charge is 0.281 e. The van der Waals surface area contributed by atoms with Gasteiger partial charge < -0.3 is 11.1 Å². The Morgan fingerprint density at radius 2 is 2.00 bits per heavy atom. The van der Waals surface area contributed by atoms with E-state index < -0.39 is 15.9 Å². The van der Waals surface area contributed by atoms with Gasteiger partial charge in [-0.1, -0.05) is 13.8 Å². The highest BCUT2D eigenvalue weighted by Crippen LogP contribution is 2.42. The van der Waals surface area contributed by atoms with Crippen molar-refractivity contribution in [1.29, 1.82) is 0 Å². The van der Waals surface area contributed by atoms with Crippen LogP contribution in [0.15, 0.2) is 29.4 Å². The molecule has 1 fully saturated rings. The fourth-order valence-electron chi connectivity index (χ4n) is 3.35. The molecule has 0 aliphatic heterocycles. The maximum absolute atomic E-state index is 12.8. The normalized spacial score (nSPS) is 14.2. The number of hydrogen-bond donors (Lipinski definition) is 3. The highest BCUT2D eigenvalue weighted by atomic mass is 32.2. The molecule has 2 aromatic heterocycles. The summed E-state index contributed by atoms with van der Waals surface area (Å²) < 4.78 is 30.2. The molecule has 31 heavy (non-hydrogen) atoms. The van der Waals surface area contributed by atoms with E-state index in [2.05, 4.69) is 15.1 Å². The number of thiophene rings is 1. The predicted molar refractivity (Wildman–Crippen MR) is 120 cm³/mol. The number of fused-ring (bicyclic) bond motifs is 1. The van der Waals surface area contributed by atoms with Crippen LogP contribution in [-0.4, -0.2) is 30.0 Å². The van der Waals surface area contributed by atoms with E-state index in [4.69, 9.17) is 5.73 Å². The molecule has 0 saturated heterocycles. The number of aromatic nitrogens is 2. The summed E-state index contributed by atoms with van der Waals surface area (Å²) >= 11 is 1.28. The van der Waals surface area contributed by atoms with E-state index in [1.54, 1.807) is 19.2 Å². The van der Waals surface area contributed by atoms with Gasteiger partial charge in [-0.05, 0) is 42.5 Å². The fraction of sp³-hybridized carbons (Fsp3) is 0.350. The van der Waals surface area contributed by atoms with Crippen molar-refractivity contribution in [3.8, 4) is 0 Å². The Hall–Kier alpha value is -2.92. The number of rotatable bonds is 7. The van der Waals surface area contributed by atoms with Gasteiger partial charge in [0.05, 0.1) is 5.56 Å². The van der Waals surface area contributed by atoms with E-state index in [0.717, 1.165) is 23.1 Å². The molecule has 1 aliphatic carbocycles. The maximum atomic E-state index is 12.8. The molecule has 3 aromatic rings. The average molecular weight is 462 g/mol. The molecule has 9 nitrogen and oxygen atoms in total. The first-order valence-electron chi connectivity index (χ1n) is 9.80. The second-order valence-corrected chi connectivity index (χ2v) is 10.6. The number of primary amides is 1. The topological polar surface area (TPSA) is 136 Å². The summed E-state index contributed by atoms with van der Waals surface area (Å²) in [5, 5.41) is 7.57. The highest BCUT2D eigenvalue weighted by Gasteiger charge is 2.31. The number of carbonyl (C=O) groups is 2. The molecule has 1 saturated carbocycles. The lowest BCUT2D eigenvalue weighted by atomic mass is 9.99. The first-order valence-corrected chi connectivity index (χ1v) is 12.1. The number of sulfonamides is 1. The Bertz CT molecular complexity index is 1300. The van der Waals surface area contributed by atoms with Crippen molar-refractivity contribution in [1.82, 2.24) is 9.78 Å². The summed E-state index contributed by atoms with van der Waals surface area (Å²) in [6.45, 7) is 3.94. The second-order valence-electron chi connectivity index (χ2n) is 7.96. The van der Waals surface area contributed by atoms with Gasteiger partial charge in [-0.15, -0.1) is 11.3 Å². The molecular formula is C20H23N5O4S2. The lowest BCUT2D eigenvalue weighted by Gasteiger charge is -2.12. The zero-order chi connectivity index (χ0) is 22.5. The third-order valence-corrected chi connectivity index (χ3v) is 7.53. The van der Waals surface area contributed by atoms with Gasteiger partial charge in [0.25, 0.3) is 15.9 Å². The molecule has 0 radical (unpaired) electrons. The monoisotopic (exact) mass is 461 g/mol. The van der Waals surface area contributed by atoms with Gasteiger partial charge >= 0.3 is 0 Å². The summed E-state index contributed by atoms with van der Waals surface area (Å²) in [6, 6.07) is 4.71. The van der Waals surface area contributed by atoms with E-state index in [-0.39, 0.29) is 28.3 Å². The van der Waals surface area contributed by atoms with Gasteiger partial charge in [0, 0.05) is 34.9 Å². The molecule has 1 aliphatic rings. The number of anilines is 2. The Morgan fingerprint density at radius 3 is 2.55 bits per heavy atom. The van der Waals surface area contributed by atoms with Crippen LogP contribution in [0.2, 0.25) is 0 Å². The minimum atomic E-state index is -3.92. The van der Waals surface area contributed by atoms with Crippen LogP contribution in [0.3, 0.4) is 0 Å². The predicted octanol–water partition coefficient (Wildman–Crippen LogP) is 3.01. The molecule has 11 heteroatoms. The van der Waals surface area contributed by atoms with Crippen LogP contribution in [0.5, 0.6) is 0 Å². The Morgan fingerprint density at radius 1 is 1.29 bits per heavy atom. The molecule has 4 rings (SSSR count). The van der Waals surface area contributed by atoms with E-state index in [1.807, 2.05) is 13.8 Å².